The third-order valence-electron chi connectivity index (χ3n) is 10.3. The first-order valence-corrected chi connectivity index (χ1v) is 16.9. The van der Waals surface area contributed by atoms with Crippen LogP contribution in [0.3, 0.4) is 0 Å². The van der Waals surface area contributed by atoms with Gasteiger partial charge >= 0.3 is 0 Å². The summed E-state index contributed by atoms with van der Waals surface area (Å²) in [6, 6.07) is 40.6. The van der Waals surface area contributed by atoms with E-state index in [0.717, 1.165) is 54.2 Å². The molecule has 0 atom stereocenters. The topological polar surface area (TPSA) is 13.1 Å². The van der Waals surface area contributed by atoms with Crippen LogP contribution in [0.2, 0.25) is 0 Å². The van der Waals surface area contributed by atoms with Crippen molar-refractivity contribution >= 4 is 75.8 Å². The van der Waals surface area contributed by atoms with Gasteiger partial charge in [-0.1, -0.05) is 158 Å². The van der Waals surface area contributed by atoms with E-state index in [0.29, 0.717) is 27.9 Å². The Balaban J connectivity index is 1.36. The normalized spacial score (nSPS) is 14.1. The van der Waals surface area contributed by atoms with Crippen LogP contribution in [0.4, 0.5) is 0 Å². The molecule has 0 aliphatic rings. The van der Waals surface area contributed by atoms with Crippen LogP contribution in [-0.4, -0.2) is 0 Å². The molecule has 0 saturated carbocycles. The zero-order valence-electron chi connectivity index (χ0n) is 35.1. The van der Waals surface area contributed by atoms with Gasteiger partial charge in [0.1, 0.15) is 11.2 Å². The summed E-state index contributed by atoms with van der Waals surface area (Å²) in [7, 11) is 0. The number of furan rings is 1. The van der Waals surface area contributed by atoms with E-state index in [-0.39, 0.29) is 51.3 Å². The molecule has 51 heavy (non-hydrogen) atoms. The number of rotatable bonds is 3. The van der Waals surface area contributed by atoms with Crippen LogP contribution in [0.1, 0.15) is 11.0 Å². The van der Waals surface area contributed by atoms with E-state index in [1.54, 1.807) is 0 Å². The monoisotopic (exact) mass is 654 g/mol. The van der Waals surface area contributed by atoms with Gasteiger partial charge in [-0.25, -0.2) is 0 Å². The molecule has 1 aromatic heterocycles. The average Bonchev–Trinajstić information content (AvgIpc) is 3.66. The summed E-state index contributed by atoms with van der Waals surface area (Å²) in [5.74, 6) is 0. The van der Waals surface area contributed by atoms with E-state index >= 15 is 0 Å². The fourth-order valence-corrected chi connectivity index (χ4v) is 8.09. The van der Waals surface area contributed by atoms with Crippen molar-refractivity contribution in [2.75, 3.05) is 0 Å². The molecule has 0 bridgehead atoms. The van der Waals surface area contributed by atoms with Gasteiger partial charge in [0.2, 0.25) is 0 Å². The van der Waals surface area contributed by atoms with Gasteiger partial charge in [0.25, 0.3) is 0 Å². The minimum absolute atomic E-state index is 0.157. The number of hydrogen-bond acceptors (Lipinski definition) is 1. The molecule has 0 radical (unpaired) electrons. The molecule has 0 spiro atoms. The summed E-state index contributed by atoms with van der Waals surface area (Å²) < 4.78 is 80.7. The number of hydrogen-bond donors (Lipinski definition) is 0. The van der Waals surface area contributed by atoms with Gasteiger partial charge in [0.05, 0.1) is 11.0 Å². The van der Waals surface area contributed by atoms with Crippen molar-refractivity contribution in [3.63, 3.8) is 0 Å². The first-order valence-electron chi connectivity index (χ1n) is 20.9. The maximum atomic E-state index is 9.60. The molecule has 0 amide bonds. The number of benzene rings is 10. The van der Waals surface area contributed by atoms with Crippen LogP contribution in [-0.2, 0) is 0 Å². The maximum absolute atomic E-state index is 9.60. The van der Waals surface area contributed by atoms with Gasteiger partial charge in [-0.2, -0.15) is 0 Å². The molecule has 0 saturated heterocycles. The van der Waals surface area contributed by atoms with Crippen molar-refractivity contribution < 1.29 is 15.4 Å². The van der Waals surface area contributed by atoms with Gasteiger partial charge in [-0.05, 0) is 112 Å². The summed E-state index contributed by atoms with van der Waals surface area (Å²) >= 11 is 0. The lowest BCUT2D eigenvalue weighted by Crippen LogP contribution is -1.93. The molecule has 11 rings (SSSR count). The van der Waals surface area contributed by atoms with Crippen LogP contribution in [0, 0.1) is 0 Å². The molecular formula is C50H30O. The quantitative estimate of drug-likeness (QED) is 0.136. The minimum Gasteiger partial charge on any atom is -0.456 e. The summed E-state index contributed by atoms with van der Waals surface area (Å²) in [4.78, 5) is 0. The Morgan fingerprint density at radius 1 is 0.353 bits per heavy atom. The first kappa shape index (κ1) is 21.4. The Kier molecular flexibility index (Phi) is 4.57. The van der Waals surface area contributed by atoms with Crippen molar-refractivity contribution in [1.29, 1.82) is 0 Å². The molecule has 0 unspecified atom stereocenters. The highest BCUT2D eigenvalue weighted by molar-refractivity contribution is 6.27. The smallest absolute Gasteiger partial charge is 0.136 e. The Morgan fingerprint density at radius 3 is 1.75 bits per heavy atom. The van der Waals surface area contributed by atoms with Crippen LogP contribution in [0.25, 0.3) is 109 Å². The van der Waals surface area contributed by atoms with E-state index in [4.69, 9.17) is 9.90 Å². The van der Waals surface area contributed by atoms with Crippen molar-refractivity contribution in [2.24, 2.45) is 0 Å². The van der Waals surface area contributed by atoms with Crippen molar-refractivity contribution in [1.82, 2.24) is 0 Å². The fraction of sp³-hybridized carbons (Fsp3) is 0. The second kappa shape index (κ2) is 10.9. The van der Waals surface area contributed by atoms with E-state index in [9.17, 15) is 5.48 Å². The minimum atomic E-state index is -0.444. The van der Waals surface area contributed by atoms with Crippen LogP contribution < -0.4 is 0 Å². The van der Waals surface area contributed by atoms with Gasteiger partial charge in [0.15, 0.2) is 0 Å². The van der Waals surface area contributed by atoms with E-state index in [1.807, 2.05) is 127 Å². The largest absolute Gasteiger partial charge is 0.456 e. The SMILES string of the molecule is [2H]c1c([2H])c([2H])c2c(-c3cc4c(-c5ccccc5)cccc4c4ccccc34)c3c([2H])c([2H])c([2H])c([2H])c3c(-c3ccc4c(c3)oc3ccc5ccccc5c34)c2c1[2H]. The standard InChI is InChI=1S/C50H30O/c1-2-13-31(14-3-1)34-23-12-24-37-36-17-6-7-18-38(36)45(30-44(34)37)49-41-21-10-8-19-39(41)48(40-20-9-11-22-42(40)49)33-25-27-43-47(29-33)51-46-28-26-32-15-4-5-16-35(32)50(43)46/h1-30H/i8D,9D,10D,11D,19D,20D,21D,22D. The fourth-order valence-electron chi connectivity index (χ4n) is 8.09. The van der Waals surface area contributed by atoms with E-state index in [2.05, 4.69) is 6.07 Å². The van der Waals surface area contributed by atoms with Gasteiger partial charge in [-0.3, -0.25) is 0 Å². The van der Waals surface area contributed by atoms with Crippen molar-refractivity contribution in [3.05, 3.63) is 182 Å². The first-order chi connectivity index (χ1) is 28.6. The van der Waals surface area contributed by atoms with Gasteiger partial charge < -0.3 is 4.42 Å². The highest BCUT2D eigenvalue weighted by atomic mass is 16.3. The lowest BCUT2D eigenvalue weighted by molar-refractivity contribution is 0.669. The predicted octanol–water partition coefficient (Wildman–Crippen LogP) is 14.4. The molecule has 0 aliphatic carbocycles. The third kappa shape index (κ3) is 4.16. The summed E-state index contributed by atoms with van der Waals surface area (Å²) in [5, 5.41) is 8.07. The lowest BCUT2D eigenvalue weighted by atomic mass is 9.83. The van der Waals surface area contributed by atoms with Gasteiger partial charge in [0, 0.05) is 10.8 Å². The molecule has 0 N–H and O–H groups in total. The summed E-state index contributed by atoms with van der Waals surface area (Å²) in [6.45, 7) is 0. The second-order valence-corrected chi connectivity index (χ2v) is 13.0. The molecule has 0 aliphatic heterocycles. The van der Waals surface area contributed by atoms with Crippen LogP contribution in [0.15, 0.2) is 186 Å². The molecule has 1 heteroatoms. The van der Waals surface area contributed by atoms with Crippen molar-refractivity contribution in [3.8, 4) is 33.4 Å². The Hall–Kier alpha value is -6.70. The Labute approximate surface area is 305 Å². The summed E-state index contributed by atoms with van der Waals surface area (Å²) in [6.07, 6.45) is 0. The predicted molar refractivity (Wildman–Crippen MR) is 218 cm³/mol. The highest BCUT2D eigenvalue weighted by Crippen LogP contribution is 2.48. The summed E-state index contributed by atoms with van der Waals surface area (Å²) in [5.41, 5.74) is 4.84. The van der Waals surface area contributed by atoms with Crippen LogP contribution >= 0.6 is 0 Å². The van der Waals surface area contributed by atoms with Gasteiger partial charge in [-0.15, -0.1) is 0 Å². The average molecular weight is 655 g/mol. The third-order valence-corrected chi connectivity index (χ3v) is 10.3. The molecular weight excluding hydrogens is 617 g/mol. The second-order valence-electron chi connectivity index (χ2n) is 13.0. The maximum Gasteiger partial charge on any atom is 0.136 e. The van der Waals surface area contributed by atoms with Crippen molar-refractivity contribution in [2.45, 2.75) is 0 Å². The lowest BCUT2D eigenvalue weighted by Gasteiger charge is -2.20. The van der Waals surface area contributed by atoms with E-state index in [1.165, 1.54) is 0 Å². The number of fused-ring (bicyclic) bond motifs is 10. The Morgan fingerprint density at radius 2 is 0.980 bits per heavy atom. The molecule has 1 nitrogen and oxygen atoms in total. The zero-order chi connectivity index (χ0) is 40.4. The molecule has 0 fully saturated rings. The highest BCUT2D eigenvalue weighted by Gasteiger charge is 2.21. The molecule has 11 aromatic rings. The zero-order valence-corrected chi connectivity index (χ0v) is 27.1. The van der Waals surface area contributed by atoms with Crippen LogP contribution in [0.5, 0.6) is 0 Å². The molecule has 236 valence electrons. The molecule has 1 heterocycles. The molecule has 10 aromatic carbocycles. The Bertz CT molecular complexity index is 3570. The van der Waals surface area contributed by atoms with E-state index < -0.39 is 24.2 Å².